The number of rotatable bonds is 5. The van der Waals surface area contributed by atoms with Crippen molar-refractivity contribution in [3.63, 3.8) is 0 Å². The van der Waals surface area contributed by atoms with Gasteiger partial charge in [0.05, 0.1) is 5.41 Å². The van der Waals surface area contributed by atoms with Gasteiger partial charge in [0.15, 0.2) is 0 Å². The molecule has 2 amide bonds. The molecule has 26 heavy (non-hydrogen) atoms. The molecule has 0 aromatic heterocycles. The predicted molar refractivity (Wildman–Crippen MR) is 103 cm³/mol. The maximum atomic E-state index is 12.6. The number of ether oxygens (including phenoxy) is 1. The van der Waals surface area contributed by atoms with Crippen LogP contribution in [0.3, 0.4) is 0 Å². The number of anilines is 1. The van der Waals surface area contributed by atoms with E-state index in [2.05, 4.69) is 5.32 Å². The summed E-state index contributed by atoms with van der Waals surface area (Å²) >= 11 is 0. The fourth-order valence-electron chi connectivity index (χ4n) is 3.53. The van der Waals surface area contributed by atoms with Crippen molar-refractivity contribution < 1.29 is 14.3 Å². The Morgan fingerprint density at radius 1 is 1.19 bits per heavy atom. The Kier molecular flexibility index (Phi) is 7.43. The van der Waals surface area contributed by atoms with Gasteiger partial charge in [0, 0.05) is 45.0 Å². The van der Waals surface area contributed by atoms with E-state index < -0.39 is 5.41 Å². The molecule has 0 saturated carbocycles. The molecule has 0 aliphatic carbocycles. The van der Waals surface area contributed by atoms with Gasteiger partial charge in [-0.3, -0.25) is 9.59 Å². The van der Waals surface area contributed by atoms with E-state index in [-0.39, 0.29) is 24.2 Å². The van der Waals surface area contributed by atoms with Crippen LogP contribution in [0.15, 0.2) is 24.3 Å². The summed E-state index contributed by atoms with van der Waals surface area (Å²) in [6.45, 7) is 2.77. The Hall–Kier alpha value is -1.63. The van der Waals surface area contributed by atoms with Crippen LogP contribution in [0.5, 0.6) is 0 Å². The number of carbonyl (C=O) groups is 2. The molecule has 2 saturated heterocycles. The number of amides is 2. The molecule has 0 radical (unpaired) electrons. The molecule has 2 heterocycles. The monoisotopic (exact) mass is 381 g/mol. The normalized spacial score (nSPS) is 19.6. The summed E-state index contributed by atoms with van der Waals surface area (Å²) in [7, 11) is 0. The Balaban J connectivity index is 0.00000243. The number of piperidine rings is 1. The number of halogens is 1. The van der Waals surface area contributed by atoms with Crippen LogP contribution < -0.4 is 16.0 Å². The van der Waals surface area contributed by atoms with Crippen LogP contribution in [0.4, 0.5) is 5.69 Å². The molecule has 2 aliphatic rings. The molecular weight excluding hydrogens is 354 g/mol. The molecular formula is C19H28ClN3O3. The summed E-state index contributed by atoms with van der Waals surface area (Å²) in [5.41, 5.74) is 7.32. The lowest BCUT2D eigenvalue weighted by atomic mass is 9.79. The maximum absolute atomic E-state index is 12.6. The molecule has 1 aromatic carbocycles. The van der Waals surface area contributed by atoms with Crippen LogP contribution in [0, 0.1) is 5.41 Å². The first-order chi connectivity index (χ1) is 12.1. The number of hydrogen-bond acceptors (Lipinski definition) is 4. The SMILES string of the molecule is Cl.NCC1(C(=O)NCc2ccc(N3CCCCC3=O)cc2)CCOCC1. The first-order valence-electron chi connectivity index (χ1n) is 9.10. The molecule has 0 atom stereocenters. The van der Waals surface area contributed by atoms with Gasteiger partial charge in [0.1, 0.15) is 0 Å². The highest BCUT2D eigenvalue weighted by atomic mass is 35.5. The van der Waals surface area contributed by atoms with Crippen molar-refractivity contribution in [3.8, 4) is 0 Å². The van der Waals surface area contributed by atoms with E-state index in [4.69, 9.17) is 10.5 Å². The predicted octanol–water partition coefficient (Wildman–Crippen LogP) is 2.00. The second-order valence-corrected chi connectivity index (χ2v) is 6.95. The van der Waals surface area contributed by atoms with Crippen molar-refractivity contribution in [1.29, 1.82) is 0 Å². The van der Waals surface area contributed by atoms with Crippen molar-refractivity contribution >= 4 is 29.9 Å². The van der Waals surface area contributed by atoms with Gasteiger partial charge in [-0.2, -0.15) is 0 Å². The van der Waals surface area contributed by atoms with Crippen molar-refractivity contribution in [1.82, 2.24) is 5.32 Å². The second-order valence-electron chi connectivity index (χ2n) is 6.95. The average molecular weight is 382 g/mol. The van der Waals surface area contributed by atoms with Crippen LogP contribution in [0.2, 0.25) is 0 Å². The first kappa shape index (κ1) is 20.7. The maximum Gasteiger partial charge on any atom is 0.227 e. The van der Waals surface area contributed by atoms with Crippen LogP contribution in [0.1, 0.15) is 37.7 Å². The Morgan fingerprint density at radius 2 is 1.88 bits per heavy atom. The van der Waals surface area contributed by atoms with Gasteiger partial charge >= 0.3 is 0 Å². The van der Waals surface area contributed by atoms with E-state index in [1.54, 1.807) is 0 Å². The smallest absolute Gasteiger partial charge is 0.227 e. The molecule has 144 valence electrons. The number of nitrogens with one attached hydrogen (secondary N) is 1. The number of nitrogens with two attached hydrogens (primary N) is 1. The summed E-state index contributed by atoms with van der Waals surface area (Å²) in [5, 5.41) is 3.01. The Morgan fingerprint density at radius 3 is 2.50 bits per heavy atom. The van der Waals surface area contributed by atoms with Crippen LogP contribution in [-0.4, -0.2) is 38.1 Å². The largest absolute Gasteiger partial charge is 0.381 e. The molecule has 0 unspecified atom stereocenters. The lowest BCUT2D eigenvalue weighted by molar-refractivity contribution is -0.136. The van der Waals surface area contributed by atoms with E-state index in [1.807, 2.05) is 29.2 Å². The van der Waals surface area contributed by atoms with Crippen LogP contribution in [-0.2, 0) is 20.9 Å². The molecule has 0 spiro atoms. The molecule has 2 fully saturated rings. The van der Waals surface area contributed by atoms with E-state index >= 15 is 0 Å². The van der Waals surface area contributed by atoms with Crippen molar-refractivity contribution in [2.24, 2.45) is 11.1 Å². The molecule has 2 aliphatic heterocycles. The molecule has 3 rings (SSSR count). The topological polar surface area (TPSA) is 84.7 Å². The lowest BCUT2D eigenvalue weighted by Gasteiger charge is -2.34. The van der Waals surface area contributed by atoms with Gasteiger partial charge in [-0.05, 0) is 43.4 Å². The van der Waals surface area contributed by atoms with Gasteiger partial charge in [0.2, 0.25) is 11.8 Å². The van der Waals surface area contributed by atoms with Gasteiger partial charge in [-0.15, -0.1) is 12.4 Å². The van der Waals surface area contributed by atoms with Crippen molar-refractivity contribution in [2.45, 2.75) is 38.6 Å². The van der Waals surface area contributed by atoms with Crippen molar-refractivity contribution in [3.05, 3.63) is 29.8 Å². The third-order valence-electron chi connectivity index (χ3n) is 5.35. The Labute approximate surface area is 160 Å². The van der Waals surface area contributed by atoms with Crippen LogP contribution >= 0.6 is 12.4 Å². The fraction of sp³-hybridized carbons (Fsp3) is 0.579. The molecule has 1 aromatic rings. The van der Waals surface area contributed by atoms with E-state index in [0.717, 1.165) is 30.6 Å². The lowest BCUT2D eigenvalue weighted by Crippen LogP contribution is -2.48. The molecule has 3 N–H and O–H groups in total. The minimum atomic E-state index is -0.502. The number of nitrogens with zero attached hydrogens (tertiary/aromatic N) is 1. The Bertz CT molecular complexity index is 615. The highest BCUT2D eigenvalue weighted by Gasteiger charge is 2.38. The molecule has 0 bridgehead atoms. The molecule has 7 heteroatoms. The van der Waals surface area contributed by atoms with Gasteiger partial charge < -0.3 is 20.7 Å². The third-order valence-corrected chi connectivity index (χ3v) is 5.35. The van der Waals surface area contributed by atoms with E-state index in [9.17, 15) is 9.59 Å². The zero-order chi connectivity index (χ0) is 17.7. The molecule has 6 nitrogen and oxygen atoms in total. The summed E-state index contributed by atoms with van der Waals surface area (Å²) in [6.07, 6.45) is 4.00. The average Bonchev–Trinajstić information content (AvgIpc) is 2.67. The summed E-state index contributed by atoms with van der Waals surface area (Å²) in [4.78, 5) is 26.4. The van der Waals surface area contributed by atoms with Crippen molar-refractivity contribution in [2.75, 3.05) is 31.2 Å². The zero-order valence-electron chi connectivity index (χ0n) is 15.0. The number of hydrogen-bond donors (Lipinski definition) is 2. The highest BCUT2D eigenvalue weighted by molar-refractivity contribution is 5.94. The van der Waals surface area contributed by atoms with Gasteiger partial charge in [0.25, 0.3) is 0 Å². The minimum absolute atomic E-state index is 0. The first-order valence-corrected chi connectivity index (χ1v) is 9.10. The van der Waals surface area contributed by atoms with Gasteiger partial charge in [-0.25, -0.2) is 0 Å². The summed E-state index contributed by atoms with van der Waals surface area (Å²) in [6, 6.07) is 7.85. The second kappa shape index (κ2) is 9.35. The zero-order valence-corrected chi connectivity index (χ0v) is 15.9. The minimum Gasteiger partial charge on any atom is -0.381 e. The van der Waals surface area contributed by atoms with Gasteiger partial charge in [-0.1, -0.05) is 12.1 Å². The third kappa shape index (κ3) is 4.55. The number of benzene rings is 1. The van der Waals surface area contributed by atoms with Crippen LogP contribution in [0.25, 0.3) is 0 Å². The number of carbonyl (C=O) groups excluding carboxylic acids is 2. The van der Waals surface area contributed by atoms with E-state index in [0.29, 0.717) is 45.6 Å². The standard InChI is InChI=1S/C19H27N3O3.ClH/c20-14-19(8-11-25-12-9-19)18(24)21-13-15-4-6-16(7-5-15)22-10-2-1-3-17(22)23;/h4-7H,1-3,8-14,20H2,(H,21,24);1H. The summed E-state index contributed by atoms with van der Waals surface area (Å²) in [5.74, 6) is 0.199. The summed E-state index contributed by atoms with van der Waals surface area (Å²) < 4.78 is 5.35. The highest BCUT2D eigenvalue weighted by Crippen LogP contribution is 2.29. The quantitative estimate of drug-likeness (QED) is 0.816. The van der Waals surface area contributed by atoms with E-state index in [1.165, 1.54) is 0 Å². The fourth-order valence-corrected chi connectivity index (χ4v) is 3.53.